The number of alkyl halides is 3. The maximum Gasteiger partial charge on any atom is 0.390 e. The van der Waals surface area contributed by atoms with Crippen molar-refractivity contribution in [3.63, 3.8) is 0 Å². The van der Waals surface area contributed by atoms with Crippen LogP contribution >= 0.6 is 0 Å². The van der Waals surface area contributed by atoms with E-state index in [1.807, 2.05) is 0 Å². The molecule has 19 heavy (non-hydrogen) atoms. The Morgan fingerprint density at radius 2 is 1.58 bits per heavy atom. The zero-order valence-corrected chi connectivity index (χ0v) is 10.6. The highest BCUT2D eigenvalue weighted by Gasteiger charge is 2.30. The molecule has 2 nitrogen and oxygen atoms in total. The van der Waals surface area contributed by atoms with Crippen LogP contribution in [0.2, 0.25) is 0 Å². The Kier molecular flexibility index (Phi) is 3.54. The van der Waals surface area contributed by atoms with E-state index in [1.54, 1.807) is 30.3 Å². The van der Waals surface area contributed by atoms with Crippen molar-refractivity contribution in [1.82, 2.24) is 0 Å². The molecule has 102 valence electrons. The zero-order valence-electron chi connectivity index (χ0n) is 9.81. The van der Waals surface area contributed by atoms with Crippen LogP contribution in [0.5, 0.6) is 0 Å². The van der Waals surface area contributed by atoms with Crippen molar-refractivity contribution >= 4 is 20.6 Å². The lowest BCUT2D eigenvalue weighted by Gasteiger charge is -2.08. The van der Waals surface area contributed by atoms with Gasteiger partial charge in [0.1, 0.15) is 0 Å². The van der Waals surface area contributed by atoms with E-state index in [4.69, 9.17) is 0 Å². The summed E-state index contributed by atoms with van der Waals surface area (Å²) in [7, 11) is -3.90. The van der Waals surface area contributed by atoms with Gasteiger partial charge in [0.2, 0.25) is 0 Å². The number of hydrogen-bond donors (Lipinski definition) is 0. The minimum Gasteiger partial charge on any atom is -0.224 e. The van der Waals surface area contributed by atoms with Gasteiger partial charge in [-0.3, -0.25) is 0 Å². The number of halogens is 3. The fourth-order valence-corrected chi connectivity index (χ4v) is 3.05. The second-order valence-corrected chi connectivity index (χ2v) is 6.30. The average molecular weight is 288 g/mol. The van der Waals surface area contributed by atoms with E-state index in [2.05, 4.69) is 0 Å². The maximum absolute atomic E-state index is 12.1. The standard InChI is InChI=1S/C13H11F3O2S/c14-13(15,16)7-8-19(17,18)12-6-5-10-3-1-2-4-11(10)9-12/h1-6,9H,7-8H2. The van der Waals surface area contributed by atoms with Gasteiger partial charge in [0, 0.05) is 0 Å². The van der Waals surface area contributed by atoms with E-state index in [-0.39, 0.29) is 4.90 Å². The molecule has 0 saturated carbocycles. The highest BCUT2D eigenvalue weighted by molar-refractivity contribution is 7.91. The van der Waals surface area contributed by atoms with Gasteiger partial charge in [0.05, 0.1) is 17.1 Å². The molecule has 0 aliphatic carbocycles. The monoisotopic (exact) mass is 288 g/mol. The number of benzene rings is 2. The molecule has 0 fully saturated rings. The summed E-state index contributed by atoms with van der Waals surface area (Å²) in [5, 5.41) is 1.54. The van der Waals surface area contributed by atoms with Gasteiger partial charge in [-0.1, -0.05) is 30.3 Å². The molecule has 2 rings (SSSR count). The molecule has 0 aliphatic heterocycles. The first kappa shape index (κ1) is 13.9. The molecule has 0 saturated heterocycles. The minimum absolute atomic E-state index is 0.0737. The topological polar surface area (TPSA) is 34.1 Å². The van der Waals surface area contributed by atoms with Crippen LogP contribution in [0.15, 0.2) is 47.4 Å². The van der Waals surface area contributed by atoms with Crippen molar-refractivity contribution in [3.8, 4) is 0 Å². The van der Waals surface area contributed by atoms with Crippen LogP contribution in [0, 0.1) is 0 Å². The molecular weight excluding hydrogens is 277 g/mol. The fourth-order valence-electron chi connectivity index (χ4n) is 1.73. The largest absolute Gasteiger partial charge is 0.390 e. The molecule has 0 bridgehead atoms. The van der Waals surface area contributed by atoms with E-state index in [1.165, 1.54) is 12.1 Å². The van der Waals surface area contributed by atoms with Crippen LogP contribution in [-0.4, -0.2) is 20.3 Å². The predicted octanol–water partition coefficient (Wildman–Crippen LogP) is 3.57. The SMILES string of the molecule is O=S(=O)(CCC(F)(F)F)c1ccc2ccccc2c1. The molecule has 6 heteroatoms. The summed E-state index contributed by atoms with van der Waals surface area (Å²) in [6.07, 6.45) is -5.80. The van der Waals surface area contributed by atoms with Crippen molar-refractivity contribution in [3.05, 3.63) is 42.5 Å². The lowest BCUT2D eigenvalue weighted by molar-refractivity contribution is -0.129. The Bertz CT molecular complexity index is 690. The normalized spacial score (nSPS) is 12.8. The Hall–Kier alpha value is -1.56. The highest BCUT2D eigenvalue weighted by atomic mass is 32.2. The quantitative estimate of drug-likeness (QED) is 0.865. The van der Waals surface area contributed by atoms with Gasteiger partial charge in [-0.2, -0.15) is 13.2 Å². The molecule has 0 amide bonds. The highest BCUT2D eigenvalue weighted by Crippen LogP contribution is 2.24. The first-order valence-electron chi connectivity index (χ1n) is 5.56. The molecule has 2 aromatic carbocycles. The van der Waals surface area contributed by atoms with Gasteiger partial charge in [-0.25, -0.2) is 8.42 Å². The third-order valence-electron chi connectivity index (χ3n) is 2.73. The first-order valence-corrected chi connectivity index (χ1v) is 7.21. The van der Waals surface area contributed by atoms with Gasteiger partial charge in [0.15, 0.2) is 9.84 Å². The summed E-state index contributed by atoms with van der Waals surface area (Å²) < 4.78 is 59.9. The molecular formula is C13H11F3O2S. The first-order chi connectivity index (χ1) is 8.78. The molecule has 0 heterocycles. The van der Waals surface area contributed by atoms with Gasteiger partial charge >= 0.3 is 6.18 Å². The van der Waals surface area contributed by atoms with E-state index in [0.29, 0.717) is 5.39 Å². The maximum atomic E-state index is 12.1. The summed E-state index contributed by atoms with van der Waals surface area (Å²) in [5.41, 5.74) is 0. The van der Waals surface area contributed by atoms with Crippen LogP contribution in [0.1, 0.15) is 6.42 Å². The summed E-state index contributed by atoms with van der Waals surface area (Å²) in [4.78, 5) is -0.0737. The summed E-state index contributed by atoms with van der Waals surface area (Å²) in [6.45, 7) is 0. The van der Waals surface area contributed by atoms with Crippen LogP contribution in [0.25, 0.3) is 10.8 Å². The second-order valence-electron chi connectivity index (χ2n) is 4.19. The minimum atomic E-state index is -4.47. The van der Waals surface area contributed by atoms with Crippen molar-refractivity contribution < 1.29 is 21.6 Å². The Labute approximate surface area is 108 Å². The number of sulfone groups is 1. The van der Waals surface area contributed by atoms with Crippen LogP contribution in [-0.2, 0) is 9.84 Å². The summed E-state index contributed by atoms with van der Waals surface area (Å²) in [5.74, 6) is -0.922. The van der Waals surface area contributed by atoms with E-state index < -0.39 is 28.2 Å². The van der Waals surface area contributed by atoms with Crippen LogP contribution in [0.4, 0.5) is 13.2 Å². The third kappa shape index (κ3) is 3.47. The smallest absolute Gasteiger partial charge is 0.224 e. The van der Waals surface area contributed by atoms with Gasteiger partial charge < -0.3 is 0 Å². The number of hydrogen-bond acceptors (Lipinski definition) is 2. The van der Waals surface area contributed by atoms with Gasteiger partial charge in [0.25, 0.3) is 0 Å². The molecule has 0 radical (unpaired) electrons. The summed E-state index contributed by atoms with van der Waals surface area (Å²) >= 11 is 0. The average Bonchev–Trinajstić information content (AvgIpc) is 2.35. The number of fused-ring (bicyclic) bond motifs is 1. The van der Waals surface area contributed by atoms with Crippen molar-refractivity contribution in [1.29, 1.82) is 0 Å². The van der Waals surface area contributed by atoms with Crippen LogP contribution in [0.3, 0.4) is 0 Å². The van der Waals surface area contributed by atoms with Crippen molar-refractivity contribution in [2.45, 2.75) is 17.5 Å². The zero-order chi connectivity index (χ0) is 14.1. The molecule has 0 N–H and O–H groups in total. The second kappa shape index (κ2) is 4.85. The van der Waals surface area contributed by atoms with Gasteiger partial charge in [-0.15, -0.1) is 0 Å². The number of rotatable bonds is 3. The van der Waals surface area contributed by atoms with E-state index >= 15 is 0 Å². The lowest BCUT2D eigenvalue weighted by atomic mass is 10.1. The summed E-state index contributed by atoms with van der Waals surface area (Å²) in [6, 6.07) is 11.4. The predicted molar refractivity (Wildman–Crippen MR) is 66.7 cm³/mol. The third-order valence-corrected chi connectivity index (χ3v) is 4.45. The fraction of sp³-hybridized carbons (Fsp3) is 0.231. The van der Waals surface area contributed by atoms with E-state index in [0.717, 1.165) is 5.39 Å². The molecule has 2 aromatic rings. The molecule has 0 aromatic heterocycles. The molecule has 0 atom stereocenters. The molecule has 0 spiro atoms. The van der Waals surface area contributed by atoms with Gasteiger partial charge in [-0.05, 0) is 22.9 Å². The van der Waals surface area contributed by atoms with Crippen molar-refractivity contribution in [2.75, 3.05) is 5.75 Å². The Morgan fingerprint density at radius 3 is 2.21 bits per heavy atom. The van der Waals surface area contributed by atoms with Crippen LogP contribution < -0.4 is 0 Å². The lowest BCUT2D eigenvalue weighted by Crippen LogP contribution is -2.16. The Morgan fingerprint density at radius 1 is 0.947 bits per heavy atom. The molecule has 0 aliphatic rings. The van der Waals surface area contributed by atoms with E-state index in [9.17, 15) is 21.6 Å². The molecule has 0 unspecified atom stereocenters. The Balaban J connectivity index is 2.32. The van der Waals surface area contributed by atoms with Crippen molar-refractivity contribution in [2.24, 2.45) is 0 Å².